The van der Waals surface area contributed by atoms with Crippen LogP contribution in [-0.2, 0) is 18.8 Å². The molecule has 3 aromatic rings. The molecule has 5 atom stereocenters. The Morgan fingerprint density at radius 3 is 2.25 bits per heavy atom. The smallest absolute Gasteiger partial charge is 0.283 e. The molecule has 232 valence electrons. The fraction of sp³-hybridized carbons (Fsp3) is 0.459. The maximum absolute atomic E-state index is 15.3. The van der Waals surface area contributed by atoms with Gasteiger partial charge in [0.25, 0.3) is 5.97 Å². The molecule has 0 amide bonds. The van der Waals surface area contributed by atoms with Crippen LogP contribution in [0.15, 0.2) is 91.5 Å². The van der Waals surface area contributed by atoms with E-state index in [9.17, 15) is 0 Å². The number of benzene rings is 3. The van der Waals surface area contributed by atoms with Gasteiger partial charge in [-0.1, -0.05) is 55.1 Å². The SMILES string of the molecule is C=C(CC1([C@@H](NP(=O)(c2ccccc2)c2ccccc2)[C@H]2C[C@@H]2CCC23OCCC(C)(CO2)O3)CC1)c1ccc(OC)cc1. The van der Waals surface area contributed by atoms with Gasteiger partial charge in [0.2, 0.25) is 7.29 Å². The van der Waals surface area contributed by atoms with Crippen LogP contribution < -0.4 is 20.4 Å². The predicted molar refractivity (Wildman–Crippen MR) is 175 cm³/mol. The van der Waals surface area contributed by atoms with Gasteiger partial charge in [-0.25, -0.2) is 0 Å². The topological polar surface area (TPSA) is 66.0 Å². The van der Waals surface area contributed by atoms with E-state index in [0.717, 1.165) is 72.4 Å². The van der Waals surface area contributed by atoms with Gasteiger partial charge in [-0.15, -0.1) is 0 Å². The third-order valence-electron chi connectivity index (χ3n) is 10.4. The van der Waals surface area contributed by atoms with Crippen LogP contribution in [0.1, 0.15) is 57.4 Å². The lowest BCUT2D eigenvalue weighted by atomic mass is 9.84. The highest BCUT2D eigenvalue weighted by Crippen LogP contribution is 2.63. The number of fused-ring (bicyclic) bond motifs is 2. The van der Waals surface area contributed by atoms with Crippen molar-refractivity contribution in [3.63, 3.8) is 0 Å². The summed E-state index contributed by atoms with van der Waals surface area (Å²) in [5.74, 6) is 0.811. The molecule has 6 nitrogen and oxygen atoms in total. The molecule has 44 heavy (non-hydrogen) atoms. The lowest BCUT2D eigenvalue weighted by Crippen LogP contribution is -2.44. The molecule has 2 saturated carbocycles. The standard InChI is InChI=1S/C37H44NO5P/c1-27(28-14-16-30(40-3)17-15-28)25-36(20-21-36)34(33-24-29(33)18-19-37-41-23-22-35(2,43-37)26-42-37)38-44(39,31-10-6-4-7-11-31)32-12-8-5-9-13-32/h4-17,29,33-34H,1,18-26H2,2-3H3,(H,38,39)/t29-,33-,34-,35?,37?/m0/s1. The average Bonchev–Trinajstić information content (AvgIpc) is 3.99. The number of ether oxygens (including phenoxy) is 4. The summed E-state index contributed by atoms with van der Waals surface area (Å²) in [6.07, 6.45) is 6.66. The van der Waals surface area contributed by atoms with Crippen molar-refractivity contribution in [3.05, 3.63) is 97.1 Å². The Balaban J connectivity index is 1.16. The molecule has 2 saturated heterocycles. The molecule has 2 unspecified atom stereocenters. The minimum Gasteiger partial charge on any atom is -0.497 e. The molecule has 4 aliphatic rings. The highest BCUT2D eigenvalue weighted by atomic mass is 31.2. The molecule has 2 bridgehead atoms. The lowest BCUT2D eigenvalue weighted by Gasteiger charge is -2.36. The molecule has 2 heterocycles. The molecule has 1 N–H and O–H groups in total. The first-order chi connectivity index (χ1) is 21.3. The van der Waals surface area contributed by atoms with E-state index >= 15 is 4.57 Å². The van der Waals surface area contributed by atoms with E-state index < -0.39 is 13.3 Å². The van der Waals surface area contributed by atoms with Gasteiger partial charge >= 0.3 is 0 Å². The largest absolute Gasteiger partial charge is 0.497 e. The molecule has 4 fully saturated rings. The van der Waals surface area contributed by atoms with Gasteiger partial charge in [0.15, 0.2) is 0 Å². The number of methoxy groups -OCH3 is 1. The van der Waals surface area contributed by atoms with Gasteiger partial charge in [-0.3, -0.25) is 9.65 Å². The van der Waals surface area contributed by atoms with E-state index in [0.29, 0.717) is 25.0 Å². The number of hydrogen-bond acceptors (Lipinski definition) is 5. The first kappa shape index (κ1) is 30.0. The number of rotatable bonds is 13. The second-order valence-electron chi connectivity index (χ2n) is 13.6. The molecular formula is C37H44NO5P. The van der Waals surface area contributed by atoms with E-state index in [2.05, 4.69) is 30.7 Å². The van der Waals surface area contributed by atoms with Crippen molar-refractivity contribution in [3.8, 4) is 5.75 Å². The van der Waals surface area contributed by atoms with Crippen LogP contribution >= 0.6 is 7.29 Å². The van der Waals surface area contributed by atoms with Crippen LogP contribution in [0.5, 0.6) is 5.75 Å². The van der Waals surface area contributed by atoms with Crippen molar-refractivity contribution in [2.75, 3.05) is 20.3 Å². The van der Waals surface area contributed by atoms with Crippen LogP contribution in [0.2, 0.25) is 0 Å². The third kappa shape index (κ3) is 5.84. The Morgan fingerprint density at radius 1 is 0.977 bits per heavy atom. The fourth-order valence-corrected chi connectivity index (χ4v) is 10.1. The van der Waals surface area contributed by atoms with E-state index in [-0.39, 0.29) is 17.1 Å². The van der Waals surface area contributed by atoms with Crippen LogP contribution in [0.4, 0.5) is 0 Å². The Bertz CT molecular complexity index is 1480. The van der Waals surface area contributed by atoms with E-state index in [4.69, 9.17) is 18.9 Å². The maximum atomic E-state index is 15.3. The normalized spacial score (nSPS) is 29.1. The average molecular weight is 614 g/mol. The van der Waals surface area contributed by atoms with Gasteiger partial charge in [0.05, 0.1) is 25.9 Å². The first-order valence-electron chi connectivity index (χ1n) is 16.0. The van der Waals surface area contributed by atoms with Crippen LogP contribution in [0, 0.1) is 17.3 Å². The van der Waals surface area contributed by atoms with Gasteiger partial charge < -0.3 is 18.9 Å². The molecule has 3 aromatic carbocycles. The molecule has 0 spiro atoms. The van der Waals surface area contributed by atoms with Crippen LogP contribution in [0.3, 0.4) is 0 Å². The van der Waals surface area contributed by atoms with E-state index in [1.165, 1.54) is 0 Å². The minimum atomic E-state index is -3.14. The van der Waals surface area contributed by atoms with Crippen molar-refractivity contribution in [1.82, 2.24) is 5.09 Å². The molecule has 2 aliphatic heterocycles. The third-order valence-corrected chi connectivity index (χ3v) is 13.0. The fourth-order valence-electron chi connectivity index (χ4n) is 7.45. The summed E-state index contributed by atoms with van der Waals surface area (Å²) in [6.45, 7) is 7.91. The van der Waals surface area contributed by atoms with Crippen LogP contribution in [0.25, 0.3) is 5.57 Å². The highest BCUT2D eigenvalue weighted by Gasteiger charge is 2.60. The van der Waals surface area contributed by atoms with Crippen molar-refractivity contribution in [1.29, 1.82) is 0 Å². The molecule has 0 aromatic heterocycles. The van der Waals surface area contributed by atoms with Crippen molar-refractivity contribution in [2.24, 2.45) is 17.3 Å². The van der Waals surface area contributed by atoms with Gasteiger partial charge in [-0.05, 0) is 104 Å². The van der Waals surface area contributed by atoms with Crippen molar-refractivity contribution in [2.45, 2.75) is 69.5 Å². The summed E-state index contributed by atoms with van der Waals surface area (Å²) >= 11 is 0. The number of nitrogens with one attached hydrogen (secondary N) is 1. The van der Waals surface area contributed by atoms with Gasteiger partial charge in [0.1, 0.15) is 5.75 Å². The van der Waals surface area contributed by atoms with Gasteiger partial charge in [0, 0.05) is 29.5 Å². The summed E-state index contributed by atoms with van der Waals surface area (Å²) in [7, 11) is -1.45. The zero-order valence-corrected chi connectivity index (χ0v) is 26.8. The summed E-state index contributed by atoms with van der Waals surface area (Å²) in [5.41, 5.74) is 1.99. The molecule has 0 radical (unpaired) electrons. The quantitative estimate of drug-likeness (QED) is 0.208. The summed E-state index contributed by atoms with van der Waals surface area (Å²) in [6, 6.07) is 28.2. The van der Waals surface area contributed by atoms with Gasteiger partial charge in [-0.2, -0.15) is 0 Å². The highest BCUT2D eigenvalue weighted by molar-refractivity contribution is 7.76. The summed E-state index contributed by atoms with van der Waals surface area (Å²) in [4.78, 5) is 0. The zero-order valence-electron chi connectivity index (χ0n) is 25.9. The molecule has 7 rings (SSSR count). The minimum absolute atomic E-state index is 0.00575. The predicted octanol–water partition coefficient (Wildman–Crippen LogP) is 7.06. The monoisotopic (exact) mass is 613 g/mol. The second-order valence-corrected chi connectivity index (χ2v) is 16.1. The molecule has 7 heteroatoms. The summed E-state index contributed by atoms with van der Waals surface area (Å²) < 4.78 is 39.2. The maximum Gasteiger partial charge on any atom is 0.283 e. The van der Waals surface area contributed by atoms with Crippen molar-refractivity contribution < 1.29 is 23.5 Å². The zero-order chi connectivity index (χ0) is 30.4. The van der Waals surface area contributed by atoms with E-state index in [1.807, 2.05) is 72.8 Å². The number of allylic oxidation sites excluding steroid dienone is 1. The van der Waals surface area contributed by atoms with Crippen LogP contribution in [-0.4, -0.2) is 37.9 Å². The summed E-state index contributed by atoms with van der Waals surface area (Å²) in [5, 5.41) is 5.60. The molecule has 2 aliphatic carbocycles. The Labute approximate surface area is 261 Å². The Morgan fingerprint density at radius 2 is 1.64 bits per heavy atom. The Kier molecular flexibility index (Phi) is 7.87. The molecular weight excluding hydrogens is 569 g/mol. The Hall–Kier alpha value is -2.73. The van der Waals surface area contributed by atoms with Crippen molar-refractivity contribution >= 4 is 23.5 Å². The first-order valence-corrected chi connectivity index (χ1v) is 17.8. The lowest BCUT2D eigenvalue weighted by molar-refractivity contribution is -0.369. The number of hydrogen-bond donors (Lipinski definition) is 1. The van der Waals surface area contributed by atoms with E-state index in [1.54, 1.807) is 7.11 Å². The second kappa shape index (κ2) is 11.6.